The summed E-state index contributed by atoms with van der Waals surface area (Å²) in [5.74, 6) is 0. The molecule has 1 aliphatic carbocycles. The molecule has 10 rings (SSSR count). The van der Waals surface area contributed by atoms with E-state index in [-0.39, 0.29) is 6.04 Å². The van der Waals surface area contributed by atoms with Crippen LogP contribution in [0.15, 0.2) is 201 Å². The van der Waals surface area contributed by atoms with Gasteiger partial charge in [0.05, 0.1) is 22.8 Å². The fraction of sp³-hybridized carbons (Fsp3) is 0.0612. The molecule has 0 saturated carbocycles. The Hall–Kier alpha value is -6.58. The molecule has 2 aliphatic heterocycles. The van der Waals surface area contributed by atoms with Crippen LogP contribution in [0.5, 0.6) is 0 Å². The first-order valence-electron chi connectivity index (χ1n) is 18.0. The van der Waals surface area contributed by atoms with E-state index in [0.29, 0.717) is 0 Å². The zero-order chi connectivity index (χ0) is 35.0. The Morgan fingerprint density at radius 1 is 0.596 bits per heavy atom. The minimum Gasteiger partial charge on any atom is -0.380 e. The van der Waals surface area contributed by atoms with E-state index in [1.54, 1.807) is 0 Å². The van der Waals surface area contributed by atoms with Crippen LogP contribution in [0.2, 0.25) is 0 Å². The van der Waals surface area contributed by atoms with E-state index >= 15 is 0 Å². The van der Waals surface area contributed by atoms with Gasteiger partial charge in [-0.3, -0.25) is 0 Å². The number of hydrogen-bond acceptors (Lipinski definition) is 2. The number of para-hydroxylation sites is 3. The Labute approximate surface area is 305 Å². The Bertz CT molecular complexity index is 2580. The molecule has 0 fully saturated rings. The van der Waals surface area contributed by atoms with Crippen molar-refractivity contribution in [2.75, 3.05) is 4.90 Å². The van der Waals surface area contributed by atoms with Gasteiger partial charge in [0, 0.05) is 33.4 Å². The summed E-state index contributed by atoms with van der Waals surface area (Å²) in [7, 11) is 0. The van der Waals surface area contributed by atoms with Crippen LogP contribution in [0.4, 0.5) is 5.69 Å². The number of aromatic nitrogens is 1. The number of nitrogens with one attached hydrogen (secondary N) is 1. The van der Waals surface area contributed by atoms with Crippen molar-refractivity contribution in [2.45, 2.75) is 18.9 Å². The molecule has 1 unspecified atom stereocenters. The van der Waals surface area contributed by atoms with Crippen molar-refractivity contribution < 1.29 is 0 Å². The van der Waals surface area contributed by atoms with Crippen LogP contribution in [0.25, 0.3) is 55.3 Å². The van der Waals surface area contributed by atoms with Gasteiger partial charge < -0.3 is 14.8 Å². The van der Waals surface area contributed by atoms with Crippen molar-refractivity contribution in [3.63, 3.8) is 0 Å². The molecule has 6 aromatic carbocycles. The molecule has 7 aromatic rings. The standard InChI is InChI=1S/C47H35N3.C2H4/c1-3-13-32(14-4-1)43-31-36(27-28-48-43)50-44-20-10-7-17-38(44)37-25-23-33(29-41(37)39-18-8-11-21-45(39)50)34-24-26-47-42(30-34)40-19-9-12-22-46(40)49(47)35-15-5-2-6-16-35;1-2/h1-6,8-16,18-31,43,48H,7,17H2;1-2H2. The summed E-state index contributed by atoms with van der Waals surface area (Å²) in [6.07, 6.45) is 13.4. The van der Waals surface area contributed by atoms with Gasteiger partial charge >= 0.3 is 0 Å². The summed E-state index contributed by atoms with van der Waals surface area (Å²) in [6, 6.07) is 53.3. The van der Waals surface area contributed by atoms with Gasteiger partial charge in [0.15, 0.2) is 0 Å². The van der Waals surface area contributed by atoms with E-state index in [0.717, 1.165) is 12.8 Å². The molecule has 0 radical (unpaired) electrons. The number of fused-ring (bicyclic) bond motifs is 7. The maximum absolute atomic E-state index is 3.57. The third kappa shape index (κ3) is 5.21. The van der Waals surface area contributed by atoms with Crippen LogP contribution in [0, 0.1) is 0 Å². The van der Waals surface area contributed by atoms with Gasteiger partial charge in [-0.25, -0.2) is 0 Å². The first-order chi connectivity index (χ1) is 25.8. The van der Waals surface area contributed by atoms with Gasteiger partial charge in [-0.05, 0) is 113 Å². The zero-order valence-corrected chi connectivity index (χ0v) is 29.0. The van der Waals surface area contributed by atoms with E-state index in [2.05, 4.69) is 204 Å². The predicted molar refractivity (Wildman–Crippen MR) is 220 cm³/mol. The topological polar surface area (TPSA) is 20.2 Å². The highest BCUT2D eigenvalue weighted by molar-refractivity contribution is 6.10. The minimum atomic E-state index is 0.0972. The fourth-order valence-corrected chi connectivity index (χ4v) is 8.17. The summed E-state index contributed by atoms with van der Waals surface area (Å²) in [5.41, 5.74) is 16.2. The van der Waals surface area contributed by atoms with E-state index in [1.807, 2.05) is 0 Å². The second-order valence-electron chi connectivity index (χ2n) is 13.3. The summed E-state index contributed by atoms with van der Waals surface area (Å²) in [6.45, 7) is 6.00. The number of anilines is 1. The zero-order valence-electron chi connectivity index (χ0n) is 29.0. The highest BCUT2D eigenvalue weighted by Crippen LogP contribution is 2.48. The monoisotopic (exact) mass is 669 g/mol. The van der Waals surface area contributed by atoms with Gasteiger partial charge in [0.25, 0.3) is 0 Å². The molecule has 3 heterocycles. The highest BCUT2D eigenvalue weighted by Gasteiger charge is 2.30. The third-order valence-corrected chi connectivity index (χ3v) is 10.5. The lowest BCUT2D eigenvalue weighted by Crippen LogP contribution is -2.26. The number of benzene rings is 6. The van der Waals surface area contributed by atoms with E-state index in [1.165, 1.54) is 83.5 Å². The molecular weight excluding hydrogens is 631 g/mol. The summed E-state index contributed by atoms with van der Waals surface area (Å²) >= 11 is 0. The van der Waals surface area contributed by atoms with E-state index in [9.17, 15) is 0 Å². The Kier molecular flexibility index (Phi) is 8.02. The molecule has 250 valence electrons. The Balaban J connectivity index is 0.00000177. The molecule has 0 bridgehead atoms. The fourth-order valence-electron chi connectivity index (χ4n) is 8.17. The number of hydrogen-bond donors (Lipinski definition) is 1. The second kappa shape index (κ2) is 13.3. The Morgan fingerprint density at radius 2 is 1.31 bits per heavy atom. The van der Waals surface area contributed by atoms with Crippen LogP contribution in [0.3, 0.4) is 0 Å². The van der Waals surface area contributed by atoms with Crippen molar-refractivity contribution in [2.24, 2.45) is 0 Å². The molecule has 0 amide bonds. The summed E-state index contributed by atoms with van der Waals surface area (Å²) < 4.78 is 2.38. The van der Waals surface area contributed by atoms with Crippen LogP contribution in [-0.2, 0) is 0 Å². The van der Waals surface area contributed by atoms with Crippen LogP contribution in [-0.4, -0.2) is 4.57 Å². The number of dihydropyridines is 1. The SMILES string of the molecule is C1=CC2=C(CC1)c1ccc(-c3ccc4c(c3)c3ccccc3n4-c3ccccc3)cc1-c1ccccc1N2C1=CC(c2ccccc2)NC=C1.C=C. The molecule has 1 N–H and O–H groups in total. The largest absolute Gasteiger partial charge is 0.380 e. The quantitative estimate of drug-likeness (QED) is 0.188. The highest BCUT2D eigenvalue weighted by atomic mass is 15.2. The van der Waals surface area contributed by atoms with Crippen LogP contribution in [0.1, 0.15) is 30.0 Å². The lowest BCUT2D eigenvalue weighted by molar-refractivity contribution is 0.734. The number of allylic oxidation sites excluding steroid dienone is 4. The molecule has 3 aliphatic rings. The summed E-state index contributed by atoms with van der Waals surface area (Å²) in [5, 5.41) is 6.11. The Morgan fingerprint density at radius 3 is 2.17 bits per heavy atom. The van der Waals surface area contributed by atoms with Crippen molar-refractivity contribution >= 4 is 33.1 Å². The first kappa shape index (κ1) is 31.4. The normalized spacial score (nSPS) is 15.9. The molecule has 3 nitrogen and oxygen atoms in total. The molecular formula is C49H39N3. The van der Waals surface area contributed by atoms with Gasteiger partial charge in [-0.2, -0.15) is 0 Å². The third-order valence-electron chi connectivity index (χ3n) is 10.5. The second-order valence-corrected chi connectivity index (χ2v) is 13.3. The van der Waals surface area contributed by atoms with Crippen molar-refractivity contribution in [1.29, 1.82) is 0 Å². The van der Waals surface area contributed by atoms with Gasteiger partial charge in [-0.15, -0.1) is 13.2 Å². The van der Waals surface area contributed by atoms with Gasteiger partial charge in [0.1, 0.15) is 0 Å². The molecule has 3 heteroatoms. The maximum atomic E-state index is 3.57. The van der Waals surface area contributed by atoms with Crippen LogP contribution >= 0.6 is 0 Å². The van der Waals surface area contributed by atoms with Gasteiger partial charge in [0.2, 0.25) is 0 Å². The van der Waals surface area contributed by atoms with E-state index in [4.69, 9.17) is 0 Å². The minimum absolute atomic E-state index is 0.0972. The number of rotatable bonds is 4. The number of nitrogens with zero attached hydrogens (tertiary/aromatic N) is 2. The van der Waals surface area contributed by atoms with Crippen molar-refractivity contribution in [3.05, 3.63) is 212 Å². The molecule has 52 heavy (non-hydrogen) atoms. The summed E-state index contributed by atoms with van der Waals surface area (Å²) in [4.78, 5) is 2.48. The average molecular weight is 670 g/mol. The first-order valence-corrected chi connectivity index (χ1v) is 18.0. The van der Waals surface area contributed by atoms with Crippen molar-refractivity contribution in [3.8, 4) is 27.9 Å². The van der Waals surface area contributed by atoms with Crippen molar-refractivity contribution in [1.82, 2.24) is 9.88 Å². The molecule has 0 spiro atoms. The molecule has 1 aromatic heterocycles. The predicted octanol–water partition coefficient (Wildman–Crippen LogP) is 12.5. The molecule has 0 saturated heterocycles. The van der Waals surface area contributed by atoms with Gasteiger partial charge in [-0.1, -0.05) is 109 Å². The van der Waals surface area contributed by atoms with Crippen LogP contribution < -0.4 is 10.2 Å². The smallest absolute Gasteiger partial charge is 0.0715 e. The average Bonchev–Trinajstić information content (AvgIpc) is 3.50. The maximum Gasteiger partial charge on any atom is 0.0715 e. The lowest BCUT2D eigenvalue weighted by Gasteiger charge is -2.33. The lowest BCUT2D eigenvalue weighted by atomic mass is 9.88. The molecule has 1 atom stereocenters. The van der Waals surface area contributed by atoms with E-state index < -0.39 is 0 Å².